The van der Waals surface area contributed by atoms with Crippen molar-refractivity contribution in [3.8, 4) is 6.01 Å². The highest BCUT2D eigenvalue weighted by atomic mass is 32.1. The van der Waals surface area contributed by atoms with Crippen LogP contribution in [0.15, 0.2) is 12.1 Å². The normalized spacial score (nSPS) is 10.3. The molecule has 0 saturated heterocycles. The third kappa shape index (κ3) is 4.04. The summed E-state index contributed by atoms with van der Waals surface area (Å²) in [5.74, 6) is 6.05. The Kier molecular flexibility index (Phi) is 5.08. The van der Waals surface area contributed by atoms with Crippen molar-refractivity contribution in [1.29, 1.82) is 0 Å². The van der Waals surface area contributed by atoms with E-state index in [-0.39, 0.29) is 12.0 Å². The Hall–Kier alpha value is -1.93. The predicted octanol–water partition coefficient (Wildman–Crippen LogP) is 1.93. The summed E-state index contributed by atoms with van der Waals surface area (Å²) in [6.07, 6.45) is 0.883. The number of nitrogens with two attached hydrogens (primary N) is 1. The summed E-state index contributed by atoms with van der Waals surface area (Å²) in [6.45, 7) is 5.29. The maximum Gasteiger partial charge on any atom is 0.323 e. The van der Waals surface area contributed by atoms with E-state index in [9.17, 15) is 0 Å². The number of nitrogen functional groups attached to an aromatic ring is 1. The first-order valence-electron chi connectivity index (χ1n) is 6.36. The van der Waals surface area contributed by atoms with Gasteiger partial charge in [-0.2, -0.15) is 15.0 Å². The molecule has 4 N–H and O–H groups in total. The summed E-state index contributed by atoms with van der Waals surface area (Å²) < 4.78 is 5.40. The maximum atomic E-state index is 5.40. The molecule has 7 nitrogen and oxygen atoms in total. The third-order valence-corrected chi connectivity index (χ3v) is 3.40. The minimum atomic E-state index is 0.264. The molecule has 0 saturated carbocycles. The Balaban J connectivity index is 2.05. The standard InChI is InChI=1S/C12H18N6OS/c1-3-6-19-12-16-10(15-11(17-12)18-13)14-7-9-5-4-8(2)20-9/h4-5H,3,6-7,13H2,1-2H3,(H2,14,15,16,17,18). The molecule has 0 fully saturated rings. The van der Waals surface area contributed by atoms with Crippen LogP contribution in [0.4, 0.5) is 11.9 Å². The van der Waals surface area contributed by atoms with Gasteiger partial charge in [-0.25, -0.2) is 5.84 Å². The molecule has 0 aromatic carbocycles. The van der Waals surface area contributed by atoms with Crippen molar-refractivity contribution in [3.63, 3.8) is 0 Å². The van der Waals surface area contributed by atoms with Crippen molar-refractivity contribution in [3.05, 3.63) is 21.9 Å². The largest absolute Gasteiger partial charge is 0.463 e. The van der Waals surface area contributed by atoms with Gasteiger partial charge in [-0.1, -0.05) is 6.92 Å². The lowest BCUT2D eigenvalue weighted by Crippen LogP contribution is -2.14. The second-order valence-corrected chi connectivity index (χ2v) is 5.50. The molecule has 0 bridgehead atoms. The van der Waals surface area contributed by atoms with Crippen LogP contribution in [0, 0.1) is 6.92 Å². The highest BCUT2D eigenvalue weighted by Gasteiger charge is 2.07. The Morgan fingerprint density at radius 2 is 2.05 bits per heavy atom. The Morgan fingerprint density at radius 1 is 1.25 bits per heavy atom. The predicted molar refractivity (Wildman–Crippen MR) is 79.8 cm³/mol. The number of hydrogen-bond acceptors (Lipinski definition) is 8. The van der Waals surface area contributed by atoms with Crippen LogP contribution >= 0.6 is 11.3 Å². The van der Waals surface area contributed by atoms with Gasteiger partial charge < -0.3 is 10.1 Å². The second kappa shape index (κ2) is 7.01. The van der Waals surface area contributed by atoms with Gasteiger partial charge in [0.05, 0.1) is 13.2 Å². The zero-order valence-electron chi connectivity index (χ0n) is 11.5. The van der Waals surface area contributed by atoms with E-state index >= 15 is 0 Å². The van der Waals surface area contributed by atoms with Crippen LogP contribution in [0.1, 0.15) is 23.1 Å². The van der Waals surface area contributed by atoms with E-state index in [1.165, 1.54) is 9.75 Å². The van der Waals surface area contributed by atoms with Gasteiger partial charge in [0.2, 0.25) is 11.9 Å². The maximum absolute atomic E-state index is 5.40. The van der Waals surface area contributed by atoms with Gasteiger partial charge in [-0.3, -0.25) is 5.43 Å². The fourth-order valence-corrected chi connectivity index (χ4v) is 2.33. The molecule has 108 valence electrons. The van der Waals surface area contributed by atoms with Crippen LogP contribution in [0.5, 0.6) is 6.01 Å². The molecule has 2 heterocycles. The number of hydrazine groups is 1. The van der Waals surface area contributed by atoms with Gasteiger partial charge in [-0.05, 0) is 25.5 Å². The Bertz CT molecular complexity index is 559. The molecule has 0 aliphatic rings. The smallest absolute Gasteiger partial charge is 0.323 e. The number of anilines is 2. The molecule has 2 rings (SSSR count). The van der Waals surface area contributed by atoms with Crippen LogP contribution in [-0.2, 0) is 6.54 Å². The molecule has 0 atom stereocenters. The quantitative estimate of drug-likeness (QED) is 0.530. The fourth-order valence-electron chi connectivity index (χ4n) is 1.50. The zero-order chi connectivity index (χ0) is 14.4. The Labute approximate surface area is 121 Å². The van der Waals surface area contributed by atoms with E-state index in [0.29, 0.717) is 19.1 Å². The summed E-state index contributed by atoms with van der Waals surface area (Å²) in [6, 6.07) is 4.42. The molecule has 0 spiro atoms. The van der Waals surface area contributed by atoms with E-state index in [1.54, 1.807) is 11.3 Å². The number of aryl methyl sites for hydroxylation is 1. The van der Waals surface area contributed by atoms with Crippen molar-refractivity contribution >= 4 is 23.2 Å². The topological polar surface area (TPSA) is 98.0 Å². The van der Waals surface area contributed by atoms with Crippen molar-refractivity contribution in [2.75, 3.05) is 17.3 Å². The van der Waals surface area contributed by atoms with E-state index in [4.69, 9.17) is 10.6 Å². The van der Waals surface area contributed by atoms with Crippen LogP contribution in [-0.4, -0.2) is 21.6 Å². The number of rotatable bonds is 7. The van der Waals surface area contributed by atoms with Gasteiger partial charge in [-0.15, -0.1) is 11.3 Å². The third-order valence-electron chi connectivity index (χ3n) is 2.40. The highest BCUT2D eigenvalue weighted by Crippen LogP contribution is 2.17. The molecule has 2 aromatic heterocycles. The highest BCUT2D eigenvalue weighted by molar-refractivity contribution is 7.11. The minimum Gasteiger partial charge on any atom is -0.463 e. The van der Waals surface area contributed by atoms with E-state index in [1.807, 2.05) is 6.92 Å². The van der Waals surface area contributed by atoms with Crippen LogP contribution in [0.25, 0.3) is 0 Å². The lowest BCUT2D eigenvalue weighted by Gasteiger charge is -2.08. The number of aromatic nitrogens is 3. The average molecular weight is 294 g/mol. The summed E-state index contributed by atoms with van der Waals surface area (Å²) in [5.41, 5.74) is 2.41. The van der Waals surface area contributed by atoms with Crippen molar-refractivity contribution in [2.24, 2.45) is 5.84 Å². The van der Waals surface area contributed by atoms with Gasteiger partial charge >= 0.3 is 6.01 Å². The van der Waals surface area contributed by atoms with Crippen LogP contribution in [0.2, 0.25) is 0 Å². The number of hydrogen-bond donors (Lipinski definition) is 3. The number of nitrogens with one attached hydrogen (secondary N) is 2. The molecule has 0 radical (unpaired) electrons. The fraction of sp³-hybridized carbons (Fsp3) is 0.417. The molecular weight excluding hydrogens is 276 g/mol. The first kappa shape index (κ1) is 14.5. The van der Waals surface area contributed by atoms with Crippen molar-refractivity contribution in [1.82, 2.24) is 15.0 Å². The molecule has 0 aliphatic heterocycles. The first-order valence-corrected chi connectivity index (χ1v) is 7.17. The monoisotopic (exact) mass is 294 g/mol. The molecule has 0 unspecified atom stereocenters. The molecule has 0 amide bonds. The zero-order valence-corrected chi connectivity index (χ0v) is 12.3. The van der Waals surface area contributed by atoms with Crippen molar-refractivity contribution in [2.45, 2.75) is 26.8 Å². The van der Waals surface area contributed by atoms with Gasteiger partial charge in [0.25, 0.3) is 0 Å². The minimum absolute atomic E-state index is 0.264. The van der Waals surface area contributed by atoms with E-state index < -0.39 is 0 Å². The van der Waals surface area contributed by atoms with Crippen LogP contribution < -0.4 is 21.3 Å². The van der Waals surface area contributed by atoms with E-state index in [2.05, 4.69) is 44.8 Å². The molecule has 0 aliphatic carbocycles. The summed E-state index contributed by atoms with van der Waals surface area (Å²) in [7, 11) is 0. The van der Waals surface area contributed by atoms with Gasteiger partial charge in [0, 0.05) is 9.75 Å². The Morgan fingerprint density at radius 3 is 2.70 bits per heavy atom. The number of ether oxygens (including phenoxy) is 1. The molecule has 20 heavy (non-hydrogen) atoms. The lowest BCUT2D eigenvalue weighted by atomic mass is 10.4. The number of thiophene rings is 1. The van der Waals surface area contributed by atoms with E-state index in [0.717, 1.165) is 6.42 Å². The summed E-state index contributed by atoms with van der Waals surface area (Å²) in [4.78, 5) is 14.8. The SMILES string of the molecule is CCCOc1nc(NN)nc(NCc2ccc(C)s2)n1. The van der Waals surface area contributed by atoms with Gasteiger partial charge in [0.15, 0.2) is 0 Å². The van der Waals surface area contributed by atoms with Crippen molar-refractivity contribution < 1.29 is 4.74 Å². The molecule has 2 aromatic rings. The summed E-state index contributed by atoms with van der Waals surface area (Å²) in [5, 5.41) is 3.14. The average Bonchev–Trinajstić information content (AvgIpc) is 2.88. The number of nitrogens with zero attached hydrogens (tertiary/aromatic N) is 3. The summed E-state index contributed by atoms with van der Waals surface area (Å²) >= 11 is 1.73. The molecular formula is C12H18N6OS. The lowest BCUT2D eigenvalue weighted by molar-refractivity contribution is 0.292. The van der Waals surface area contributed by atoms with Gasteiger partial charge in [0.1, 0.15) is 0 Å². The second-order valence-electron chi connectivity index (χ2n) is 4.12. The first-order chi connectivity index (χ1) is 9.71. The van der Waals surface area contributed by atoms with Crippen LogP contribution in [0.3, 0.4) is 0 Å². The molecule has 8 heteroatoms.